The minimum Gasteiger partial charge on any atom is -0.391 e. The summed E-state index contributed by atoms with van der Waals surface area (Å²) in [7, 11) is 4.29. The molecule has 15 heavy (non-hydrogen) atoms. The fraction of sp³-hybridized carbons (Fsp3) is 0.538. The fourth-order valence-electron chi connectivity index (χ4n) is 1.72. The van der Waals surface area contributed by atoms with Gasteiger partial charge in [-0.25, -0.2) is 0 Å². The van der Waals surface area contributed by atoms with E-state index in [9.17, 15) is 0 Å². The third-order valence-corrected chi connectivity index (χ3v) is 2.75. The predicted octanol–water partition coefficient (Wildman–Crippen LogP) is 1.82. The lowest BCUT2D eigenvalue weighted by Gasteiger charge is -2.29. The number of hydrogen-bond donors (Lipinski definition) is 1. The molecule has 0 spiro atoms. The maximum absolute atomic E-state index is 8.95. The zero-order chi connectivity index (χ0) is 11.3. The van der Waals surface area contributed by atoms with Gasteiger partial charge < -0.3 is 9.59 Å². The largest absolute Gasteiger partial charge is 0.391 e. The van der Waals surface area contributed by atoms with Crippen LogP contribution in [0.2, 0.25) is 0 Å². The number of rotatable bonds is 5. The highest BCUT2D eigenvalue weighted by Crippen LogP contribution is 2.10. The minimum absolute atomic E-state index is 0.250. The number of likely N-dealkylation sites (N-methyl/N-ethyl adjacent to an activating group) is 1. The molecule has 0 atom stereocenters. The molecule has 0 heterocycles. The first-order valence-electron chi connectivity index (χ1n) is 5.58. The van der Waals surface area contributed by atoms with Crippen LogP contribution < -0.4 is 0 Å². The van der Waals surface area contributed by atoms with E-state index in [0.717, 1.165) is 24.0 Å². The first-order valence-corrected chi connectivity index (χ1v) is 5.58. The van der Waals surface area contributed by atoms with Crippen LogP contribution in [0.25, 0.3) is 0 Å². The zero-order valence-electron chi connectivity index (χ0n) is 10.0. The highest BCUT2D eigenvalue weighted by molar-refractivity contribution is 5.21. The molecule has 0 unspecified atom stereocenters. The van der Waals surface area contributed by atoms with E-state index in [0.29, 0.717) is 0 Å². The molecule has 0 aliphatic heterocycles. The second-order valence-electron chi connectivity index (χ2n) is 4.71. The van der Waals surface area contributed by atoms with Crippen LogP contribution in [0, 0.1) is 0 Å². The van der Waals surface area contributed by atoms with Crippen LogP contribution in [0.4, 0.5) is 0 Å². The third kappa shape index (κ3) is 4.02. The Labute approximate surface area is 92.8 Å². The van der Waals surface area contributed by atoms with Gasteiger partial charge in [-0.3, -0.25) is 0 Å². The quantitative estimate of drug-likeness (QED) is 0.732. The van der Waals surface area contributed by atoms with Crippen molar-refractivity contribution in [1.29, 1.82) is 0 Å². The Morgan fingerprint density at radius 2 is 1.60 bits per heavy atom. The smallest absolute Gasteiger partial charge is 0.104 e. The Morgan fingerprint density at radius 3 is 2.07 bits per heavy atom. The van der Waals surface area contributed by atoms with Crippen LogP contribution in [-0.4, -0.2) is 36.8 Å². The van der Waals surface area contributed by atoms with Crippen molar-refractivity contribution >= 4 is 0 Å². The van der Waals surface area contributed by atoms with Crippen molar-refractivity contribution in [3.63, 3.8) is 0 Å². The second kappa shape index (κ2) is 5.29. The number of aliphatic hydroxyl groups excluding tert-OH is 1. The molecule has 0 aliphatic rings. The van der Waals surface area contributed by atoms with Gasteiger partial charge in [-0.1, -0.05) is 31.2 Å². The first-order chi connectivity index (χ1) is 7.07. The van der Waals surface area contributed by atoms with Crippen LogP contribution in [0.1, 0.15) is 18.1 Å². The highest BCUT2D eigenvalue weighted by Gasteiger charge is 2.14. The third-order valence-electron chi connectivity index (χ3n) is 2.75. The summed E-state index contributed by atoms with van der Waals surface area (Å²) in [4.78, 5) is 0. The summed E-state index contributed by atoms with van der Waals surface area (Å²) in [6, 6.07) is 8.76. The van der Waals surface area contributed by atoms with E-state index in [1.54, 1.807) is 0 Å². The van der Waals surface area contributed by atoms with Crippen molar-refractivity contribution in [2.24, 2.45) is 0 Å². The molecular weight excluding hydrogens is 186 g/mol. The average Bonchev–Trinajstić information content (AvgIpc) is 2.18. The van der Waals surface area contributed by atoms with Crippen molar-refractivity contribution in [2.75, 3.05) is 27.2 Å². The maximum atomic E-state index is 8.95. The molecule has 1 rings (SSSR count). The monoisotopic (exact) mass is 208 g/mol. The van der Waals surface area contributed by atoms with E-state index in [1.165, 1.54) is 11.1 Å². The van der Waals surface area contributed by atoms with E-state index >= 15 is 0 Å². The molecule has 1 N–H and O–H groups in total. The number of hydrogen-bond acceptors (Lipinski definition) is 1. The van der Waals surface area contributed by atoms with E-state index in [2.05, 4.69) is 45.3 Å². The van der Waals surface area contributed by atoms with Crippen LogP contribution in [-0.2, 0) is 13.0 Å². The highest BCUT2D eigenvalue weighted by atomic mass is 16.3. The maximum Gasteiger partial charge on any atom is 0.104 e. The molecular formula is C13H22NO+. The van der Waals surface area contributed by atoms with Gasteiger partial charge in [0, 0.05) is 5.56 Å². The van der Waals surface area contributed by atoms with E-state index in [4.69, 9.17) is 5.11 Å². The standard InChI is InChI=1S/C13H22NO/c1-4-12-5-7-13(8-6-12)11-14(2,3)9-10-15/h5-8,15H,4,9-11H2,1-3H3/q+1. The van der Waals surface area contributed by atoms with E-state index in [-0.39, 0.29) is 6.61 Å². The minimum atomic E-state index is 0.250. The lowest BCUT2D eigenvalue weighted by Crippen LogP contribution is -2.41. The molecule has 2 heteroatoms. The van der Waals surface area contributed by atoms with Crippen molar-refractivity contribution in [3.8, 4) is 0 Å². The van der Waals surface area contributed by atoms with Crippen LogP contribution in [0.5, 0.6) is 0 Å². The van der Waals surface area contributed by atoms with Crippen LogP contribution >= 0.6 is 0 Å². The van der Waals surface area contributed by atoms with Gasteiger partial charge in [0.2, 0.25) is 0 Å². The molecule has 1 aromatic carbocycles. The zero-order valence-corrected chi connectivity index (χ0v) is 10.0. The summed E-state index contributed by atoms with van der Waals surface area (Å²) >= 11 is 0. The topological polar surface area (TPSA) is 20.2 Å². The van der Waals surface area contributed by atoms with Crippen molar-refractivity contribution in [1.82, 2.24) is 0 Å². The summed E-state index contributed by atoms with van der Waals surface area (Å²) in [6.45, 7) is 4.20. The lowest BCUT2D eigenvalue weighted by molar-refractivity contribution is -0.903. The van der Waals surface area contributed by atoms with Gasteiger partial charge in [0.05, 0.1) is 20.7 Å². The molecule has 0 bridgehead atoms. The average molecular weight is 208 g/mol. The lowest BCUT2D eigenvalue weighted by atomic mass is 10.1. The van der Waals surface area contributed by atoms with Gasteiger partial charge in [0.25, 0.3) is 0 Å². The van der Waals surface area contributed by atoms with Crippen molar-refractivity contribution < 1.29 is 9.59 Å². The molecule has 0 aliphatic carbocycles. The number of benzene rings is 1. The molecule has 0 amide bonds. The molecule has 2 nitrogen and oxygen atoms in total. The van der Waals surface area contributed by atoms with Crippen LogP contribution in [0.3, 0.4) is 0 Å². The Hall–Kier alpha value is -0.860. The molecule has 0 radical (unpaired) electrons. The number of aliphatic hydroxyl groups is 1. The van der Waals surface area contributed by atoms with Gasteiger partial charge in [-0.05, 0) is 12.0 Å². The van der Waals surface area contributed by atoms with Gasteiger partial charge in [-0.15, -0.1) is 0 Å². The van der Waals surface area contributed by atoms with Gasteiger partial charge in [0.15, 0.2) is 0 Å². The van der Waals surface area contributed by atoms with E-state index < -0.39 is 0 Å². The summed E-state index contributed by atoms with van der Waals surface area (Å²) in [5.74, 6) is 0. The molecule has 0 aromatic heterocycles. The Balaban J connectivity index is 2.64. The summed E-state index contributed by atoms with van der Waals surface area (Å²) < 4.78 is 0.835. The van der Waals surface area contributed by atoms with Crippen molar-refractivity contribution in [2.45, 2.75) is 19.9 Å². The second-order valence-corrected chi connectivity index (χ2v) is 4.71. The predicted molar refractivity (Wildman–Crippen MR) is 63.6 cm³/mol. The fourth-order valence-corrected chi connectivity index (χ4v) is 1.72. The van der Waals surface area contributed by atoms with Crippen molar-refractivity contribution in [3.05, 3.63) is 35.4 Å². The Bertz CT molecular complexity index is 290. The summed E-state index contributed by atoms with van der Waals surface area (Å²) in [6.07, 6.45) is 1.09. The summed E-state index contributed by atoms with van der Waals surface area (Å²) in [5.41, 5.74) is 2.72. The molecule has 0 fully saturated rings. The first kappa shape index (κ1) is 12.2. The normalized spacial score (nSPS) is 11.7. The number of nitrogens with zero attached hydrogens (tertiary/aromatic N) is 1. The Morgan fingerprint density at radius 1 is 1.07 bits per heavy atom. The van der Waals surface area contributed by atoms with Gasteiger partial charge in [0.1, 0.15) is 13.1 Å². The Kier molecular flexibility index (Phi) is 4.30. The van der Waals surface area contributed by atoms with E-state index in [1.807, 2.05) is 0 Å². The van der Waals surface area contributed by atoms with Gasteiger partial charge in [-0.2, -0.15) is 0 Å². The van der Waals surface area contributed by atoms with Gasteiger partial charge >= 0.3 is 0 Å². The molecule has 0 saturated carbocycles. The molecule has 1 aromatic rings. The molecule has 84 valence electrons. The summed E-state index contributed by atoms with van der Waals surface area (Å²) in [5, 5.41) is 8.95. The SMILES string of the molecule is CCc1ccc(C[N+](C)(C)CCO)cc1. The molecule has 0 saturated heterocycles. The number of quaternary nitrogens is 1. The van der Waals surface area contributed by atoms with Crippen LogP contribution in [0.15, 0.2) is 24.3 Å². The number of aryl methyl sites for hydroxylation is 1.